The predicted molar refractivity (Wildman–Crippen MR) is 117 cm³/mol. The van der Waals surface area contributed by atoms with Crippen LogP contribution < -0.4 is 5.32 Å². The van der Waals surface area contributed by atoms with Crippen LogP contribution in [0.1, 0.15) is 18.4 Å². The molecule has 0 spiro atoms. The molecule has 1 aliphatic rings. The highest BCUT2D eigenvalue weighted by molar-refractivity contribution is 6.06. The molecule has 4 nitrogen and oxygen atoms in total. The topological polar surface area (TPSA) is 45.5 Å². The zero-order valence-corrected chi connectivity index (χ0v) is 16.6. The quantitative estimate of drug-likeness (QED) is 0.485. The van der Waals surface area contributed by atoms with Gasteiger partial charge in [0.2, 0.25) is 5.91 Å². The van der Waals surface area contributed by atoms with Crippen molar-refractivity contribution in [3.8, 4) is 0 Å². The van der Waals surface area contributed by atoms with Crippen molar-refractivity contribution in [2.75, 3.05) is 18.4 Å². The number of benzene rings is 3. The van der Waals surface area contributed by atoms with Gasteiger partial charge in [-0.15, -0.1) is 0 Å². The Hall–Kier alpha value is -3.18. The van der Waals surface area contributed by atoms with Gasteiger partial charge in [-0.1, -0.05) is 36.4 Å². The molecular weight excluding hydrogens is 379 g/mol. The molecule has 3 aromatic carbocycles. The number of rotatable bonds is 4. The van der Waals surface area contributed by atoms with E-state index < -0.39 is 0 Å². The average Bonchev–Trinajstić information content (AvgIpc) is 3.13. The van der Waals surface area contributed by atoms with Crippen LogP contribution in [0.2, 0.25) is 0 Å². The first-order valence-electron chi connectivity index (χ1n) is 10.4. The molecule has 2 heterocycles. The molecule has 1 fully saturated rings. The Labute approximate surface area is 174 Å². The summed E-state index contributed by atoms with van der Waals surface area (Å²) in [5.41, 5.74) is 3.08. The van der Waals surface area contributed by atoms with Crippen LogP contribution in [0.25, 0.3) is 21.9 Å². The molecule has 0 saturated carbocycles. The fourth-order valence-electron chi connectivity index (χ4n) is 4.27. The first kappa shape index (κ1) is 18.8. The Kier molecular flexibility index (Phi) is 4.97. The lowest BCUT2D eigenvalue weighted by molar-refractivity contribution is -0.121. The molecule has 1 amide bonds. The second-order valence-electron chi connectivity index (χ2n) is 7.94. The van der Waals surface area contributed by atoms with E-state index in [9.17, 15) is 9.18 Å². The molecule has 4 aromatic rings. The maximum absolute atomic E-state index is 13.9. The number of amides is 1. The summed E-state index contributed by atoms with van der Waals surface area (Å²) < 4.78 is 19.8. The number of hydrogen-bond donors (Lipinski definition) is 1. The molecule has 1 aliphatic heterocycles. The Morgan fingerprint density at radius 2 is 1.70 bits per heavy atom. The van der Waals surface area contributed by atoms with Gasteiger partial charge < -0.3 is 9.73 Å². The van der Waals surface area contributed by atoms with E-state index in [2.05, 4.69) is 10.2 Å². The maximum atomic E-state index is 13.9. The van der Waals surface area contributed by atoms with Gasteiger partial charge in [-0.2, -0.15) is 0 Å². The van der Waals surface area contributed by atoms with Gasteiger partial charge in [-0.05, 0) is 50.2 Å². The Morgan fingerprint density at radius 3 is 2.53 bits per heavy atom. The lowest BCUT2D eigenvalue weighted by Crippen LogP contribution is -2.37. The smallest absolute Gasteiger partial charge is 0.227 e. The zero-order chi connectivity index (χ0) is 20.5. The lowest BCUT2D eigenvalue weighted by atomic mass is 9.95. The number of nitrogens with zero attached hydrogens (tertiary/aromatic N) is 1. The van der Waals surface area contributed by atoms with E-state index in [0.717, 1.165) is 53.6 Å². The third-order valence-corrected chi connectivity index (χ3v) is 5.96. The maximum Gasteiger partial charge on any atom is 0.227 e. The highest BCUT2D eigenvalue weighted by Gasteiger charge is 2.25. The van der Waals surface area contributed by atoms with Crippen LogP contribution >= 0.6 is 0 Å². The number of carbonyl (C=O) groups excluding carboxylic acids is 1. The molecular formula is C25H23FN2O2. The van der Waals surface area contributed by atoms with E-state index in [0.29, 0.717) is 12.1 Å². The van der Waals surface area contributed by atoms with E-state index in [4.69, 9.17) is 4.42 Å². The highest BCUT2D eigenvalue weighted by Crippen LogP contribution is 2.31. The number of carbonyl (C=O) groups is 1. The normalized spacial score (nSPS) is 15.6. The van der Waals surface area contributed by atoms with E-state index in [-0.39, 0.29) is 17.6 Å². The largest absolute Gasteiger partial charge is 0.456 e. The molecule has 0 aliphatic carbocycles. The Balaban J connectivity index is 1.22. The minimum Gasteiger partial charge on any atom is -0.456 e. The fraction of sp³-hybridized carbons (Fsp3) is 0.240. The second-order valence-corrected chi connectivity index (χ2v) is 7.94. The van der Waals surface area contributed by atoms with Crippen molar-refractivity contribution < 1.29 is 13.6 Å². The number of halogens is 1. The van der Waals surface area contributed by atoms with Crippen molar-refractivity contribution >= 4 is 33.5 Å². The van der Waals surface area contributed by atoms with Gasteiger partial charge in [0, 0.05) is 40.6 Å². The van der Waals surface area contributed by atoms with Crippen LogP contribution in [0.15, 0.2) is 71.1 Å². The van der Waals surface area contributed by atoms with Crippen molar-refractivity contribution in [2.45, 2.75) is 19.4 Å². The summed E-state index contributed by atoms with van der Waals surface area (Å²) in [6.07, 6.45) is 1.54. The molecule has 1 N–H and O–H groups in total. The first-order valence-corrected chi connectivity index (χ1v) is 10.4. The molecule has 30 heavy (non-hydrogen) atoms. The summed E-state index contributed by atoms with van der Waals surface area (Å²) in [7, 11) is 0. The minimum atomic E-state index is -0.168. The fourth-order valence-corrected chi connectivity index (χ4v) is 4.27. The van der Waals surface area contributed by atoms with Crippen molar-refractivity contribution in [1.82, 2.24) is 4.90 Å². The van der Waals surface area contributed by atoms with Gasteiger partial charge in [0.25, 0.3) is 0 Å². The molecule has 0 atom stereocenters. The number of likely N-dealkylation sites (tertiary alicyclic amines) is 1. The number of furan rings is 1. The third-order valence-electron chi connectivity index (χ3n) is 5.96. The molecule has 0 unspecified atom stereocenters. The van der Waals surface area contributed by atoms with Crippen LogP contribution in [-0.2, 0) is 11.3 Å². The van der Waals surface area contributed by atoms with Gasteiger partial charge in [0.1, 0.15) is 17.0 Å². The number of nitrogens with one attached hydrogen (secondary N) is 1. The molecule has 5 heteroatoms. The summed E-state index contributed by atoms with van der Waals surface area (Å²) in [6.45, 7) is 2.16. The van der Waals surface area contributed by atoms with Crippen LogP contribution in [0, 0.1) is 11.7 Å². The molecule has 5 rings (SSSR count). The van der Waals surface area contributed by atoms with Crippen LogP contribution in [0.4, 0.5) is 10.1 Å². The third kappa shape index (κ3) is 3.68. The summed E-state index contributed by atoms with van der Waals surface area (Å²) in [5.74, 6) is -0.164. The number of para-hydroxylation sites is 1. The molecule has 0 radical (unpaired) electrons. The number of anilines is 1. The van der Waals surface area contributed by atoms with Gasteiger partial charge in [0.05, 0.1) is 0 Å². The van der Waals surface area contributed by atoms with E-state index in [1.54, 1.807) is 6.07 Å². The zero-order valence-electron chi connectivity index (χ0n) is 16.6. The highest BCUT2D eigenvalue weighted by atomic mass is 19.1. The summed E-state index contributed by atoms with van der Waals surface area (Å²) in [6, 6.07) is 20.6. The Bertz CT molecular complexity index is 1210. The number of piperidine rings is 1. The second kappa shape index (κ2) is 7.92. The lowest BCUT2D eigenvalue weighted by Gasteiger charge is -2.31. The minimum absolute atomic E-state index is 0.0340. The van der Waals surface area contributed by atoms with Gasteiger partial charge >= 0.3 is 0 Å². The summed E-state index contributed by atoms with van der Waals surface area (Å²) in [5, 5.41) is 5.17. The van der Waals surface area contributed by atoms with E-state index in [1.807, 2.05) is 54.6 Å². The van der Waals surface area contributed by atoms with Crippen LogP contribution in [0.5, 0.6) is 0 Å². The molecule has 152 valence electrons. The van der Waals surface area contributed by atoms with Gasteiger partial charge in [0.15, 0.2) is 0 Å². The van der Waals surface area contributed by atoms with E-state index in [1.165, 1.54) is 6.07 Å². The molecule has 1 saturated heterocycles. The average molecular weight is 402 g/mol. The monoisotopic (exact) mass is 402 g/mol. The van der Waals surface area contributed by atoms with Crippen molar-refractivity contribution in [1.29, 1.82) is 0 Å². The Morgan fingerprint density at radius 1 is 0.967 bits per heavy atom. The van der Waals surface area contributed by atoms with Crippen LogP contribution in [0.3, 0.4) is 0 Å². The standard InChI is InChI=1S/C25H23FN2O2/c26-22-7-3-1-5-18(22)16-28-13-11-17(12-14-28)25(29)27-19-9-10-21-20-6-2-4-8-23(20)30-24(21)15-19/h1-10,15,17H,11-14,16H2,(H,27,29). The SMILES string of the molecule is O=C(Nc1ccc2c(c1)oc1ccccc12)C1CCN(Cc2ccccc2F)CC1. The van der Waals surface area contributed by atoms with Crippen molar-refractivity contribution in [3.63, 3.8) is 0 Å². The molecule has 0 bridgehead atoms. The summed E-state index contributed by atoms with van der Waals surface area (Å²) >= 11 is 0. The number of fused-ring (bicyclic) bond motifs is 3. The van der Waals surface area contributed by atoms with Crippen LogP contribution in [-0.4, -0.2) is 23.9 Å². The van der Waals surface area contributed by atoms with Crippen molar-refractivity contribution in [3.05, 3.63) is 78.1 Å². The van der Waals surface area contributed by atoms with Crippen molar-refractivity contribution in [2.24, 2.45) is 5.92 Å². The first-order chi connectivity index (χ1) is 14.7. The van der Waals surface area contributed by atoms with Gasteiger partial charge in [-0.25, -0.2) is 4.39 Å². The number of hydrogen-bond acceptors (Lipinski definition) is 3. The molecule has 1 aromatic heterocycles. The predicted octanol–water partition coefficient (Wildman–Crippen LogP) is 5.58. The van der Waals surface area contributed by atoms with Gasteiger partial charge in [-0.3, -0.25) is 9.69 Å². The summed E-state index contributed by atoms with van der Waals surface area (Å²) in [4.78, 5) is 15.0. The van der Waals surface area contributed by atoms with E-state index >= 15 is 0 Å².